The van der Waals surface area contributed by atoms with Gasteiger partial charge in [0.25, 0.3) is 0 Å². The fourth-order valence-corrected chi connectivity index (χ4v) is 4.68. The van der Waals surface area contributed by atoms with Gasteiger partial charge >= 0.3 is 0 Å². The largest absolute Gasteiger partial charge is 0.0622 e. The van der Waals surface area contributed by atoms with Gasteiger partial charge in [0.1, 0.15) is 0 Å². The second-order valence-electron chi connectivity index (χ2n) is 8.53. The van der Waals surface area contributed by atoms with Crippen LogP contribution in [-0.2, 0) is 38.5 Å². The highest BCUT2D eigenvalue weighted by Gasteiger charge is 2.12. The molecule has 8 rings (SSSR count). The van der Waals surface area contributed by atoms with Crippen molar-refractivity contribution < 1.29 is 0 Å². The zero-order valence-electron chi connectivity index (χ0n) is 17.5. The van der Waals surface area contributed by atoms with Gasteiger partial charge in [-0.2, -0.15) is 0 Å². The van der Waals surface area contributed by atoms with Gasteiger partial charge in [0.15, 0.2) is 0 Å². The van der Waals surface area contributed by atoms with E-state index in [1.807, 2.05) is 0 Å². The molecule has 148 valence electrons. The molecule has 0 radical (unpaired) electrons. The fraction of sp³-hybridized carbons (Fsp3) is 0.200. The molecule has 0 aromatic heterocycles. The SMILES string of the molecule is c1ccc(Cc2cc3ccc2CCc2ccc(cc2Cc2ccccc2)CC3)cc1. The van der Waals surface area contributed by atoms with Crippen LogP contribution >= 0.6 is 0 Å². The molecule has 0 atom stereocenters. The molecule has 0 saturated heterocycles. The Hall–Kier alpha value is -3.12. The summed E-state index contributed by atoms with van der Waals surface area (Å²) in [5.41, 5.74) is 11.7. The number of rotatable bonds is 4. The molecule has 0 aliphatic heterocycles. The molecule has 30 heavy (non-hydrogen) atoms. The van der Waals surface area contributed by atoms with Crippen LogP contribution in [-0.4, -0.2) is 0 Å². The second kappa shape index (κ2) is 8.71. The van der Waals surface area contributed by atoms with Crippen molar-refractivity contribution in [3.05, 3.63) is 142 Å². The van der Waals surface area contributed by atoms with Crippen LogP contribution in [0.4, 0.5) is 0 Å². The first-order valence-electron chi connectivity index (χ1n) is 11.1. The molecule has 0 unspecified atom stereocenters. The highest BCUT2D eigenvalue weighted by molar-refractivity contribution is 5.41. The van der Waals surface area contributed by atoms with Gasteiger partial charge in [-0.3, -0.25) is 0 Å². The third-order valence-electron chi connectivity index (χ3n) is 6.38. The average molecular weight is 389 g/mol. The van der Waals surface area contributed by atoms with Crippen molar-refractivity contribution in [3.8, 4) is 0 Å². The second-order valence-corrected chi connectivity index (χ2v) is 8.53. The zero-order chi connectivity index (χ0) is 20.2. The lowest BCUT2D eigenvalue weighted by molar-refractivity contribution is 0.888. The first-order chi connectivity index (χ1) is 14.8. The highest BCUT2D eigenvalue weighted by atomic mass is 14.2. The predicted molar refractivity (Wildman–Crippen MR) is 126 cm³/mol. The lowest BCUT2D eigenvalue weighted by Crippen LogP contribution is -2.05. The summed E-state index contributed by atoms with van der Waals surface area (Å²) < 4.78 is 0. The summed E-state index contributed by atoms with van der Waals surface area (Å²) in [5, 5.41) is 0. The monoisotopic (exact) mass is 388 g/mol. The third-order valence-corrected chi connectivity index (χ3v) is 6.38. The van der Waals surface area contributed by atoms with Crippen molar-refractivity contribution in [1.82, 2.24) is 0 Å². The Kier molecular flexibility index (Phi) is 5.48. The number of hydrogen-bond donors (Lipinski definition) is 0. The molecule has 0 saturated carbocycles. The van der Waals surface area contributed by atoms with Crippen LogP contribution < -0.4 is 0 Å². The van der Waals surface area contributed by atoms with Crippen LogP contribution in [0.5, 0.6) is 0 Å². The summed E-state index contributed by atoms with van der Waals surface area (Å²) in [5.74, 6) is 0. The number of benzene rings is 4. The van der Waals surface area contributed by atoms with Crippen molar-refractivity contribution >= 4 is 0 Å². The Bertz CT molecular complexity index is 1030. The van der Waals surface area contributed by atoms with Crippen LogP contribution in [0.1, 0.15) is 44.5 Å². The molecule has 0 heterocycles. The van der Waals surface area contributed by atoms with E-state index < -0.39 is 0 Å². The molecular formula is C30H28. The quantitative estimate of drug-likeness (QED) is 0.363. The molecule has 0 fully saturated rings. The molecule has 0 nitrogen and oxygen atoms in total. The van der Waals surface area contributed by atoms with Crippen molar-refractivity contribution in [1.29, 1.82) is 0 Å². The first kappa shape index (κ1) is 18.9. The topological polar surface area (TPSA) is 0 Å². The van der Waals surface area contributed by atoms with Gasteiger partial charge in [0, 0.05) is 0 Å². The van der Waals surface area contributed by atoms with Crippen molar-refractivity contribution in [2.45, 2.75) is 38.5 Å². The summed E-state index contributed by atoms with van der Waals surface area (Å²) in [4.78, 5) is 0. The van der Waals surface area contributed by atoms with E-state index in [2.05, 4.69) is 97.1 Å². The summed E-state index contributed by atoms with van der Waals surface area (Å²) in [6, 6.07) is 36.2. The Morgan fingerprint density at radius 2 is 0.867 bits per heavy atom. The Morgan fingerprint density at radius 3 is 1.30 bits per heavy atom. The van der Waals surface area contributed by atoms with Gasteiger partial charge in [-0.1, -0.05) is 97.1 Å². The molecule has 0 amide bonds. The van der Waals surface area contributed by atoms with E-state index in [-0.39, 0.29) is 0 Å². The molecule has 4 bridgehead atoms. The lowest BCUT2D eigenvalue weighted by Gasteiger charge is -2.17. The average Bonchev–Trinajstić information content (AvgIpc) is 2.78. The molecule has 4 aromatic carbocycles. The number of hydrogen-bond acceptors (Lipinski definition) is 0. The molecule has 0 spiro atoms. The van der Waals surface area contributed by atoms with E-state index in [0.717, 1.165) is 38.5 Å². The molecular weight excluding hydrogens is 360 g/mol. The van der Waals surface area contributed by atoms with Crippen LogP contribution in [0, 0.1) is 0 Å². The van der Waals surface area contributed by atoms with Gasteiger partial charge in [-0.15, -0.1) is 0 Å². The van der Waals surface area contributed by atoms with E-state index in [1.165, 1.54) is 44.5 Å². The minimum Gasteiger partial charge on any atom is -0.0622 e. The fourth-order valence-electron chi connectivity index (χ4n) is 4.68. The van der Waals surface area contributed by atoms with Gasteiger partial charge in [-0.25, -0.2) is 0 Å². The Balaban J connectivity index is 1.46. The van der Waals surface area contributed by atoms with E-state index >= 15 is 0 Å². The van der Waals surface area contributed by atoms with E-state index in [9.17, 15) is 0 Å². The van der Waals surface area contributed by atoms with E-state index in [0.29, 0.717) is 0 Å². The molecule has 4 aromatic rings. The maximum atomic E-state index is 2.46. The highest BCUT2D eigenvalue weighted by Crippen LogP contribution is 2.24. The van der Waals surface area contributed by atoms with Crippen LogP contribution in [0.15, 0.2) is 97.1 Å². The molecule has 4 aliphatic carbocycles. The summed E-state index contributed by atoms with van der Waals surface area (Å²) in [7, 11) is 0. The lowest BCUT2D eigenvalue weighted by atomic mass is 9.88. The Labute approximate surface area is 180 Å². The smallest absolute Gasteiger partial charge is 0.00229 e. The minimum atomic E-state index is 1.03. The van der Waals surface area contributed by atoms with Crippen molar-refractivity contribution in [3.63, 3.8) is 0 Å². The van der Waals surface area contributed by atoms with Crippen LogP contribution in [0.3, 0.4) is 0 Å². The van der Waals surface area contributed by atoms with Gasteiger partial charge < -0.3 is 0 Å². The predicted octanol–water partition coefficient (Wildman–Crippen LogP) is 6.75. The van der Waals surface area contributed by atoms with Gasteiger partial charge in [-0.05, 0) is 83.0 Å². The van der Waals surface area contributed by atoms with Crippen molar-refractivity contribution in [2.75, 3.05) is 0 Å². The normalized spacial score (nSPS) is 13.1. The summed E-state index contributed by atoms with van der Waals surface area (Å²) >= 11 is 0. The third kappa shape index (κ3) is 4.39. The van der Waals surface area contributed by atoms with Crippen LogP contribution in [0.25, 0.3) is 0 Å². The van der Waals surface area contributed by atoms with Crippen LogP contribution in [0.2, 0.25) is 0 Å². The van der Waals surface area contributed by atoms with E-state index in [4.69, 9.17) is 0 Å². The zero-order valence-corrected chi connectivity index (χ0v) is 17.5. The van der Waals surface area contributed by atoms with Crippen molar-refractivity contribution in [2.24, 2.45) is 0 Å². The molecule has 0 N–H and O–H groups in total. The standard InChI is InChI=1S/C30H28/c1-3-7-23(8-4-1)19-29-21-25-11-12-26-14-16-28(18-17-27(29)15-13-25)30(22-26)20-24-9-5-2-6-10-24/h1-10,13-16,21-22H,11-12,17-20H2. The molecule has 0 heteroatoms. The Morgan fingerprint density at radius 1 is 0.433 bits per heavy atom. The van der Waals surface area contributed by atoms with E-state index in [1.54, 1.807) is 0 Å². The summed E-state index contributed by atoms with van der Waals surface area (Å²) in [6.07, 6.45) is 6.46. The molecule has 4 aliphatic rings. The van der Waals surface area contributed by atoms with Gasteiger partial charge in [0.05, 0.1) is 0 Å². The first-order valence-corrected chi connectivity index (χ1v) is 11.1. The van der Waals surface area contributed by atoms with Gasteiger partial charge in [0.2, 0.25) is 0 Å². The maximum Gasteiger partial charge on any atom is -0.00229 e. The maximum absolute atomic E-state index is 2.46. The minimum absolute atomic E-state index is 1.03. The number of aryl methyl sites for hydroxylation is 4. The summed E-state index contributed by atoms with van der Waals surface area (Å²) in [6.45, 7) is 0.